The lowest BCUT2D eigenvalue weighted by molar-refractivity contribution is -0.143. The van der Waals surface area contributed by atoms with Gasteiger partial charge in [0.05, 0.1) is 17.2 Å². The second kappa shape index (κ2) is 6.62. The zero-order valence-electron chi connectivity index (χ0n) is 13.1. The highest BCUT2D eigenvalue weighted by molar-refractivity contribution is 7.09. The second-order valence-corrected chi connectivity index (χ2v) is 6.91. The Balaban J connectivity index is 1.65. The van der Waals surface area contributed by atoms with Crippen LogP contribution in [-0.4, -0.2) is 39.2 Å². The van der Waals surface area contributed by atoms with Crippen molar-refractivity contribution in [2.45, 2.75) is 45.6 Å². The lowest BCUT2D eigenvalue weighted by Gasteiger charge is -2.17. The first kappa shape index (κ1) is 15.9. The first-order valence-corrected chi connectivity index (χ1v) is 8.70. The van der Waals surface area contributed by atoms with E-state index in [0.29, 0.717) is 12.1 Å². The molecular formula is C16H19N3O3S. The van der Waals surface area contributed by atoms with Crippen LogP contribution in [0.15, 0.2) is 17.0 Å². The summed E-state index contributed by atoms with van der Waals surface area (Å²) >= 11 is 1.45. The quantitative estimate of drug-likeness (QED) is 0.472. The van der Waals surface area contributed by atoms with Gasteiger partial charge >= 0.3 is 17.8 Å². The Labute approximate surface area is 138 Å². The zero-order valence-corrected chi connectivity index (χ0v) is 13.9. The van der Waals surface area contributed by atoms with E-state index in [2.05, 4.69) is 11.1 Å². The Morgan fingerprint density at radius 2 is 1.96 bits per heavy atom. The summed E-state index contributed by atoms with van der Waals surface area (Å²) in [5, 5.41) is 2.67. The third-order valence-corrected chi connectivity index (χ3v) is 4.99. The number of imide groups is 2. The summed E-state index contributed by atoms with van der Waals surface area (Å²) in [4.78, 5) is 42.8. The van der Waals surface area contributed by atoms with E-state index in [9.17, 15) is 14.4 Å². The van der Waals surface area contributed by atoms with Gasteiger partial charge in [0.1, 0.15) is 0 Å². The topological polar surface area (TPSA) is 70.6 Å². The van der Waals surface area contributed by atoms with E-state index in [4.69, 9.17) is 0 Å². The van der Waals surface area contributed by atoms with E-state index >= 15 is 0 Å². The number of nitrogens with zero attached hydrogens (tertiary/aromatic N) is 3. The molecular weight excluding hydrogens is 314 g/mol. The normalized spacial score (nSPS) is 18.8. The van der Waals surface area contributed by atoms with E-state index < -0.39 is 17.8 Å². The summed E-state index contributed by atoms with van der Waals surface area (Å²) in [5.41, 5.74) is 1.91. The van der Waals surface area contributed by atoms with Gasteiger partial charge in [-0.1, -0.05) is 11.6 Å². The molecule has 2 heterocycles. The van der Waals surface area contributed by atoms with Gasteiger partial charge in [-0.3, -0.25) is 14.5 Å². The molecule has 4 amide bonds. The highest BCUT2D eigenvalue weighted by Crippen LogP contribution is 2.22. The molecule has 7 heteroatoms. The van der Waals surface area contributed by atoms with Crippen LogP contribution in [0.1, 0.15) is 42.8 Å². The number of hydrogen-bond donors (Lipinski definition) is 0. The van der Waals surface area contributed by atoms with E-state index in [-0.39, 0.29) is 13.1 Å². The summed E-state index contributed by atoms with van der Waals surface area (Å²) in [5.74, 6) is -1.48. The smallest absolute Gasteiger partial charge is 0.263 e. The van der Waals surface area contributed by atoms with E-state index in [0.717, 1.165) is 34.1 Å². The third kappa shape index (κ3) is 3.34. The number of carbonyl (C=O) groups excluding carboxylic acids is 3. The average molecular weight is 333 g/mol. The van der Waals surface area contributed by atoms with Crippen molar-refractivity contribution < 1.29 is 14.4 Å². The molecule has 122 valence electrons. The average Bonchev–Trinajstić information content (AvgIpc) is 3.05. The highest BCUT2D eigenvalue weighted by Gasteiger charge is 2.44. The van der Waals surface area contributed by atoms with Gasteiger partial charge in [-0.05, 0) is 39.0 Å². The minimum Gasteiger partial charge on any atom is -0.263 e. The lowest BCUT2D eigenvalue weighted by atomic mass is 9.97. The minimum absolute atomic E-state index is 0.0624. The van der Waals surface area contributed by atoms with Crippen LogP contribution >= 0.6 is 11.3 Å². The van der Waals surface area contributed by atoms with Crippen molar-refractivity contribution in [3.8, 4) is 0 Å². The molecule has 6 nitrogen and oxygen atoms in total. The van der Waals surface area contributed by atoms with Crippen LogP contribution in [0.25, 0.3) is 0 Å². The van der Waals surface area contributed by atoms with Crippen LogP contribution < -0.4 is 0 Å². The Morgan fingerprint density at radius 3 is 2.61 bits per heavy atom. The Morgan fingerprint density at radius 1 is 1.17 bits per heavy atom. The fourth-order valence-electron chi connectivity index (χ4n) is 2.92. The van der Waals surface area contributed by atoms with Crippen LogP contribution in [0, 0.1) is 6.92 Å². The predicted molar refractivity (Wildman–Crippen MR) is 85.7 cm³/mol. The zero-order chi connectivity index (χ0) is 16.4. The largest absolute Gasteiger partial charge is 0.334 e. The lowest BCUT2D eigenvalue weighted by Crippen LogP contribution is -2.34. The SMILES string of the molecule is Cc1nc(CN2C(=O)C(=O)N(CCC3=CCCCC3)C2=O)cs1. The van der Waals surface area contributed by atoms with Crippen LogP contribution in [0.5, 0.6) is 0 Å². The van der Waals surface area contributed by atoms with Gasteiger partial charge < -0.3 is 0 Å². The van der Waals surface area contributed by atoms with Crippen LogP contribution in [0.4, 0.5) is 4.79 Å². The van der Waals surface area contributed by atoms with Crippen molar-refractivity contribution in [3.63, 3.8) is 0 Å². The monoisotopic (exact) mass is 333 g/mol. The van der Waals surface area contributed by atoms with Crippen LogP contribution in [0.2, 0.25) is 0 Å². The molecule has 0 N–H and O–H groups in total. The van der Waals surface area contributed by atoms with Gasteiger partial charge in [0, 0.05) is 11.9 Å². The maximum Gasteiger partial charge on any atom is 0.334 e. The molecule has 0 bridgehead atoms. The number of allylic oxidation sites excluding steroid dienone is 1. The van der Waals surface area contributed by atoms with E-state index in [1.54, 1.807) is 5.38 Å². The maximum absolute atomic E-state index is 12.4. The van der Waals surface area contributed by atoms with Gasteiger partial charge in [-0.25, -0.2) is 14.7 Å². The number of aryl methyl sites for hydroxylation is 1. The fraction of sp³-hybridized carbons (Fsp3) is 0.500. The molecule has 0 spiro atoms. The number of rotatable bonds is 5. The third-order valence-electron chi connectivity index (χ3n) is 4.16. The molecule has 0 unspecified atom stereocenters. The summed E-state index contributed by atoms with van der Waals surface area (Å²) < 4.78 is 0. The van der Waals surface area contributed by atoms with Crippen molar-refractivity contribution in [1.29, 1.82) is 0 Å². The Kier molecular flexibility index (Phi) is 4.56. The molecule has 1 fully saturated rings. The van der Waals surface area contributed by atoms with E-state index in [1.165, 1.54) is 23.3 Å². The maximum atomic E-state index is 12.4. The van der Waals surface area contributed by atoms with Gasteiger partial charge in [0.2, 0.25) is 0 Å². The highest BCUT2D eigenvalue weighted by atomic mass is 32.1. The van der Waals surface area contributed by atoms with Gasteiger partial charge in [0.15, 0.2) is 0 Å². The molecule has 2 aliphatic rings. The molecule has 0 atom stereocenters. The molecule has 0 aromatic carbocycles. The summed E-state index contributed by atoms with van der Waals surface area (Å²) in [6.45, 7) is 2.20. The van der Waals surface area contributed by atoms with Gasteiger partial charge in [-0.15, -0.1) is 11.3 Å². The molecule has 0 radical (unpaired) electrons. The van der Waals surface area contributed by atoms with Crippen molar-refractivity contribution >= 4 is 29.2 Å². The number of aromatic nitrogens is 1. The predicted octanol–water partition coefficient (Wildman–Crippen LogP) is 2.63. The fourth-order valence-corrected chi connectivity index (χ4v) is 3.52. The van der Waals surface area contributed by atoms with Crippen molar-refractivity contribution in [3.05, 3.63) is 27.7 Å². The summed E-state index contributed by atoms with van der Waals surface area (Å²) in [6, 6.07) is -0.526. The van der Waals surface area contributed by atoms with Crippen molar-refractivity contribution in [2.24, 2.45) is 0 Å². The Hall–Kier alpha value is -2.02. The molecule has 1 aliphatic heterocycles. The van der Waals surface area contributed by atoms with Crippen molar-refractivity contribution in [2.75, 3.05) is 6.54 Å². The standard InChI is InChI=1S/C16H19N3O3S/c1-11-17-13(10-23-11)9-19-15(21)14(20)18(16(19)22)8-7-12-5-3-2-4-6-12/h5,10H,2-4,6-9H2,1H3. The van der Waals surface area contributed by atoms with E-state index in [1.807, 2.05) is 6.92 Å². The van der Waals surface area contributed by atoms with Gasteiger partial charge in [0.25, 0.3) is 0 Å². The number of hydrogen-bond acceptors (Lipinski definition) is 5. The van der Waals surface area contributed by atoms with Crippen molar-refractivity contribution in [1.82, 2.24) is 14.8 Å². The second-order valence-electron chi connectivity index (χ2n) is 5.85. The molecule has 1 aromatic rings. The molecule has 1 aliphatic carbocycles. The minimum atomic E-state index is -0.752. The molecule has 3 rings (SSSR count). The van der Waals surface area contributed by atoms with Crippen LogP contribution in [-0.2, 0) is 16.1 Å². The number of amides is 4. The first-order chi connectivity index (χ1) is 11.1. The van der Waals surface area contributed by atoms with Gasteiger partial charge in [-0.2, -0.15) is 0 Å². The number of urea groups is 1. The molecule has 0 saturated carbocycles. The number of thiazole rings is 1. The Bertz CT molecular complexity index is 680. The summed E-state index contributed by atoms with van der Waals surface area (Å²) in [6.07, 6.45) is 7.28. The molecule has 1 saturated heterocycles. The first-order valence-electron chi connectivity index (χ1n) is 7.82. The molecule has 1 aromatic heterocycles. The van der Waals surface area contributed by atoms with Crippen LogP contribution in [0.3, 0.4) is 0 Å². The summed E-state index contributed by atoms with van der Waals surface area (Å²) in [7, 11) is 0. The molecule has 23 heavy (non-hydrogen) atoms. The number of carbonyl (C=O) groups is 3.